The van der Waals surface area contributed by atoms with Crippen molar-refractivity contribution in [3.8, 4) is 0 Å². The molecule has 0 saturated heterocycles. The Labute approximate surface area is 150 Å². The quantitative estimate of drug-likeness (QED) is 0.522. The summed E-state index contributed by atoms with van der Waals surface area (Å²) in [5.74, 6) is 0.773. The maximum atomic E-state index is 11.8. The summed E-state index contributed by atoms with van der Waals surface area (Å²) in [5.41, 5.74) is -1.52. The van der Waals surface area contributed by atoms with Gasteiger partial charge < -0.3 is 10.2 Å². The molecule has 6 atom stereocenters. The third kappa shape index (κ3) is 3.06. The van der Waals surface area contributed by atoms with Crippen molar-refractivity contribution in [2.75, 3.05) is 0 Å². The zero-order valence-electron chi connectivity index (χ0n) is 15.5. The molecule has 0 aromatic carbocycles. The van der Waals surface area contributed by atoms with Gasteiger partial charge in [-0.05, 0) is 68.1 Å². The SMILES string of the molecule is C=C[C@](C)(O)CCC1(O)[C@@H](C)CC[C@@H]2C(C)(C)[C@H](Br)CC[C@]21C. The van der Waals surface area contributed by atoms with Crippen molar-refractivity contribution in [3.05, 3.63) is 12.7 Å². The molecule has 0 bridgehead atoms. The highest BCUT2D eigenvalue weighted by atomic mass is 79.9. The molecular formula is C20H35BrO2. The predicted octanol–water partition coefficient (Wildman–Crippen LogP) is 5.07. The minimum atomic E-state index is -0.902. The van der Waals surface area contributed by atoms with Crippen LogP contribution in [0.5, 0.6) is 0 Å². The van der Waals surface area contributed by atoms with Crippen LogP contribution in [0, 0.1) is 22.7 Å². The van der Waals surface area contributed by atoms with Crippen molar-refractivity contribution in [1.29, 1.82) is 0 Å². The smallest absolute Gasteiger partial charge is 0.0798 e. The van der Waals surface area contributed by atoms with E-state index in [4.69, 9.17) is 0 Å². The Morgan fingerprint density at radius 1 is 1.26 bits per heavy atom. The van der Waals surface area contributed by atoms with E-state index in [1.54, 1.807) is 13.0 Å². The van der Waals surface area contributed by atoms with Gasteiger partial charge in [-0.15, -0.1) is 6.58 Å². The van der Waals surface area contributed by atoms with Gasteiger partial charge in [-0.3, -0.25) is 0 Å². The highest BCUT2D eigenvalue weighted by Crippen LogP contribution is 2.64. The second-order valence-electron chi connectivity index (χ2n) is 9.26. The minimum Gasteiger partial charge on any atom is -0.389 e. The van der Waals surface area contributed by atoms with E-state index in [9.17, 15) is 10.2 Å². The van der Waals surface area contributed by atoms with E-state index >= 15 is 0 Å². The van der Waals surface area contributed by atoms with E-state index < -0.39 is 11.2 Å². The standard InChI is InChI=1S/C20H35BrO2/c1-7-18(5,22)12-13-20(23)14(2)8-9-15-17(3,4)16(21)10-11-19(15,20)6/h7,14-16,22-23H,1,8-13H2,2-6H3/t14-,15+,16+,18-,19+,20?/m0/s1. The molecule has 1 unspecified atom stereocenters. The molecule has 0 heterocycles. The van der Waals surface area contributed by atoms with Crippen molar-refractivity contribution in [2.24, 2.45) is 22.7 Å². The van der Waals surface area contributed by atoms with E-state index in [-0.39, 0.29) is 16.7 Å². The molecule has 0 aromatic rings. The Bertz CT molecular complexity index is 459. The van der Waals surface area contributed by atoms with Gasteiger partial charge in [0.1, 0.15) is 0 Å². The Morgan fingerprint density at radius 3 is 2.43 bits per heavy atom. The average molecular weight is 387 g/mol. The molecule has 2 fully saturated rings. The lowest BCUT2D eigenvalue weighted by Gasteiger charge is -2.64. The second-order valence-corrected chi connectivity index (χ2v) is 10.4. The number of hydrogen-bond acceptors (Lipinski definition) is 2. The number of halogens is 1. The van der Waals surface area contributed by atoms with Crippen LogP contribution in [0.15, 0.2) is 12.7 Å². The van der Waals surface area contributed by atoms with Gasteiger partial charge in [0.2, 0.25) is 0 Å². The van der Waals surface area contributed by atoms with Gasteiger partial charge in [0.15, 0.2) is 0 Å². The first-order valence-electron chi connectivity index (χ1n) is 9.13. The van der Waals surface area contributed by atoms with Gasteiger partial charge in [-0.1, -0.05) is 49.7 Å². The fourth-order valence-electron chi connectivity index (χ4n) is 5.52. The fourth-order valence-corrected chi connectivity index (χ4v) is 6.06. The molecule has 2 N–H and O–H groups in total. The number of fused-ring (bicyclic) bond motifs is 1. The van der Waals surface area contributed by atoms with Gasteiger partial charge in [-0.25, -0.2) is 0 Å². The normalized spacial score (nSPS) is 45.8. The lowest BCUT2D eigenvalue weighted by Crippen LogP contribution is -2.64. The summed E-state index contributed by atoms with van der Waals surface area (Å²) < 4.78 is 0. The van der Waals surface area contributed by atoms with E-state index in [1.807, 2.05) is 0 Å². The molecule has 2 aliphatic rings. The molecule has 2 saturated carbocycles. The summed E-state index contributed by atoms with van der Waals surface area (Å²) in [5, 5.41) is 22.2. The number of rotatable bonds is 4. The highest BCUT2D eigenvalue weighted by Gasteiger charge is 2.62. The maximum absolute atomic E-state index is 11.8. The highest BCUT2D eigenvalue weighted by molar-refractivity contribution is 9.09. The molecule has 0 aliphatic heterocycles. The summed E-state index contributed by atoms with van der Waals surface area (Å²) in [7, 11) is 0. The van der Waals surface area contributed by atoms with Crippen molar-refractivity contribution >= 4 is 15.9 Å². The van der Waals surface area contributed by atoms with E-state index in [0.717, 1.165) is 19.3 Å². The van der Waals surface area contributed by atoms with Crippen molar-refractivity contribution in [1.82, 2.24) is 0 Å². The molecule has 0 amide bonds. The maximum Gasteiger partial charge on any atom is 0.0798 e. The van der Waals surface area contributed by atoms with Crippen LogP contribution < -0.4 is 0 Å². The van der Waals surface area contributed by atoms with Gasteiger partial charge >= 0.3 is 0 Å². The molecular weight excluding hydrogens is 352 g/mol. The van der Waals surface area contributed by atoms with Crippen LogP contribution in [0.1, 0.15) is 73.1 Å². The van der Waals surface area contributed by atoms with Crippen LogP contribution in [0.25, 0.3) is 0 Å². The average Bonchev–Trinajstić information content (AvgIpc) is 2.47. The lowest BCUT2D eigenvalue weighted by molar-refractivity contribution is -0.213. The summed E-state index contributed by atoms with van der Waals surface area (Å²) in [4.78, 5) is 0.516. The van der Waals surface area contributed by atoms with Crippen LogP contribution in [-0.2, 0) is 0 Å². The number of aliphatic hydroxyl groups is 2. The zero-order chi connectivity index (χ0) is 17.7. The van der Waals surface area contributed by atoms with Crippen molar-refractivity contribution < 1.29 is 10.2 Å². The zero-order valence-corrected chi connectivity index (χ0v) is 17.1. The van der Waals surface area contributed by atoms with Crippen LogP contribution in [0.3, 0.4) is 0 Å². The minimum absolute atomic E-state index is 0.0876. The van der Waals surface area contributed by atoms with E-state index in [1.165, 1.54) is 6.42 Å². The third-order valence-electron chi connectivity index (χ3n) is 7.54. The first-order chi connectivity index (χ1) is 10.4. The molecule has 23 heavy (non-hydrogen) atoms. The first kappa shape index (κ1) is 19.5. The second kappa shape index (κ2) is 6.14. The molecule has 2 rings (SSSR count). The summed E-state index contributed by atoms with van der Waals surface area (Å²) in [6, 6.07) is 0. The predicted molar refractivity (Wildman–Crippen MR) is 101 cm³/mol. The fraction of sp³-hybridized carbons (Fsp3) is 0.900. The molecule has 0 spiro atoms. The monoisotopic (exact) mass is 386 g/mol. The Hall–Kier alpha value is 0.140. The summed E-state index contributed by atoms with van der Waals surface area (Å²) in [6.45, 7) is 14.7. The molecule has 3 heteroatoms. The lowest BCUT2D eigenvalue weighted by atomic mass is 9.44. The first-order valence-corrected chi connectivity index (χ1v) is 10.0. The topological polar surface area (TPSA) is 40.5 Å². The molecule has 2 aliphatic carbocycles. The van der Waals surface area contributed by atoms with Crippen molar-refractivity contribution in [2.45, 2.75) is 89.2 Å². The molecule has 134 valence electrons. The van der Waals surface area contributed by atoms with Crippen LogP contribution >= 0.6 is 15.9 Å². The van der Waals surface area contributed by atoms with Crippen LogP contribution in [0.4, 0.5) is 0 Å². The Kier molecular flexibility index (Phi) is 5.20. The largest absolute Gasteiger partial charge is 0.389 e. The van der Waals surface area contributed by atoms with Gasteiger partial charge in [0, 0.05) is 4.83 Å². The Balaban J connectivity index is 2.35. The van der Waals surface area contributed by atoms with Gasteiger partial charge in [0.05, 0.1) is 11.2 Å². The van der Waals surface area contributed by atoms with Gasteiger partial charge in [0.25, 0.3) is 0 Å². The Morgan fingerprint density at radius 2 is 1.87 bits per heavy atom. The van der Waals surface area contributed by atoms with Gasteiger partial charge in [-0.2, -0.15) is 0 Å². The van der Waals surface area contributed by atoms with E-state index in [2.05, 4.69) is 50.2 Å². The molecule has 0 radical (unpaired) electrons. The van der Waals surface area contributed by atoms with Crippen LogP contribution in [-0.4, -0.2) is 26.2 Å². The number of hydrogen-bond donors (Lipinski definition) is 2. The summed E-state index contributed by atoms with van der Waals surface area (Å²) >= 11 is 3.90. The molecule has 0 aromatic heterocycles. The van der Waals surface area contributed by atoms with Crippen molar-refractivity contribution in [3.63, 3.8) is 0 Å². The van der Waals surface area contributed by atoms with E-state index in [0.29, 0.717) is 23.6 Å². The number of alkyl halides is 1. The van der Waals surface area contributed by atoms with Crippen LogP contribution in [0.2, 0.25) is 0 Å². The summed E-state index contributed by atoms with van der Waals surface area (Å²) in [6.07, 6.45) is 7.22. The third-order valence-corrected chi connectivity index (χ3v) is 9.17. The molecule has 2 nitrogen and oxygen atoms in total.